The van der Waals surface area contributed by atoms with Crippen LogP contribution in [0.25, 0.3) is 0 Å². The second-order valence-corrected chi connectivity index (χ2v) is 4.03. The van der Waals surface area contributed by atoms with Gasteiger partial charge in [0.15, 0.2) is 0 Å². The van der Waals surface area contributed by atoms with E-state index in [4.69, 9.17) is 0 Å². The zero-order valence-corrected chi connectivity index (χ0v) is 8.60. The molecule has 1 aliphatic carbocycles. The standard InChI is InChI=1S/C10H20N2O/c1-8-4-3-5-9(7-6-8)12-10(13)11-2/h8-9H,3-7H2,1-2H3,(H2,11,12,13). The minimum atomic E-state index is -0.0421. The summed E-state index contributed by atoms with van der Waals surface area (Å²) in [5.41, 5.74) is 0. The molecule has 2 unspecified atom stereocenters. The highest BCUT2D eigenvalue weighted by atomic mass is 16.2. The number of carbonyl (C=O) groups is 1. The number of rotatable bonds is 1. The van der Waals surface area contributed by atoms with E-state index >= 15 is 0 Å². The summed E-state index contributed by atoms with van der Waals surface area (Å²) in [4.78, 5) is 11.1. The van der Waals surface area contributed by atoms with Crippen molar-refractivity contribution in [1.82, 2.24) is 10.6 Å². The van der Waals surface area contributed by atoms with E-state index in [0.717, 1.165) is 18.8 Å². The molecule has 0 spiro atoms. The summed E-state index contributed by atoms with van der Waals surface area (Å²) in [5, 5.41) is 5.57. The van der Waals surface area contributed by atoms with Gasteiger partial charge in [0.05, 0.1) is 0 Å². The van der Waals surface area contributed by atoms with Crippen LogP contribution >= 0.6 is 0 Å². The minimum absolute atomic E-state index is 0.0421. The van der Waals surface area contributed by atoms with Crippen LogP contribution in [-0.4, -0.2) is 19.1 Å². The zero-order chi connectivity index (χ0) is 9.68. The molecule has 0 aromatic carbocycles. The molecule has 0 saturated heterocycles. The Morgan fingerprint density at radius 1 is 1.23 bits per heavy atom. The molecule has 1 rings (SSSR count). The molecular weight excluding hydrogens is 164 g/mol. The van der Waals surface area contributed by atoms with Crippen molar-refractivity contribution in [3.05, 3.63) is 0 Å². The van der Waals surface area contributed by atoms with Gasteiger partial charge < -0.3 is 10.6 Å². The van der Waals surface area contributed by atoms with Crippen molar-refractivity contribution in [2.45, 2.75) is 45.1 Å². The fourth-order valence-electron chi connectivity index (χ4n) is 1.89. The molecular formula is C10H20N2O. The van der Waals surface area contributed by atoms with Gasteiger partial charge >= 0.3 is 6.03 Å². The average Bonchev–Trinajstić information content (AvgIpc) is 2.31. The van der Waals surface area contributed by atoms with E-state index in [-0.39, 0.29) is 6.03 Å². The Morgan fingerprint density at radius 2 is 2.00 bits per heavy atom. The van der Waals surface area contributed by atoms with Crippen molar-refractivity contribution in [3.8, 4) is 0 Å². The summed E-state index contributed by atoms with van der Waals surface area (Å²) >= 11 is 0. The Labute approximate surface area is 80.3 Å². The predicted molar refractivity (Wildman–Crippen MR) is 53.6 cm³/mol. The van der Waals surface area contributed by atoms with E-state index in [9.17, 15) is 4.79 Å². The maximum atomic E-state index is 11.1. The third-order valence-electron chi connectivity index (χ3n) is 2.82. The molecule has 0 aromatic heterocycles. The summed E-state index contributed by atoms with van der Waals surface area (Å²) in [6.45, 7) is 2.29. The molecule has 1 fully saturated rings. The molecule has 76 valence electrons. The Bertz CT molecular complexity index is 170. The third-order valence-corrected chi connectivity index (χ3v) is 2.82. The highest BCUT2D eigenvalue weighted by Crippen LogP contribution is 2.22. The lowest BCUT2D eigenvalue weighted by molar-refractivity contribution is 0.237. The third kappa shape index (κ3) is 3.66. The van der Waals surface area contributed by atoms with Crippen LogP contribution in [-0.2, 0) is 0 Å². The van der Waals surface area contributed by atoms with Crippen molar-refractivity contribution in [1.29, 1.82) is 0 Å². The van der Waals surface area contributed by atoms with Crippen LogP contribution in [0.3, 0.4) is 0 Å². The van der Waals surface area contributed by atoms with Crippen LogP contribution in [0.4, 0.5) is 4.79 Å². The Morgan fingerprint density at radius 3 is 2.69 bits per heavy atom. The summed E-state index contributed by atoms with van der Waals surface area (Å²) < 4.78 is 0. The lowest BCUT2D eigenvalue weighted by atomic mass is 10.0. The van der Waals surface area contributed by atoms with Gasteiger partial charge in [-0.1, -0.05) is 19.8 Å². The molecule has 0 aromatic rings. The average molecular weight is 184 g/mol. The molecule has 3 heteroatoms. The summed E-state index contributed by atoms with van der Waals surface area (Å²) in [6.07, 6.45) is 6.07. The first-order valence-corrected chi connectivity index (χ1v) is 5.20. The predicted octanol–water partition coefficient (Wildman–Crippen LogP) is 1.88. The van der Waals surface area contributed by atoms with E-state index in [1.165, 1.54) is 19.3 Å². The Kier molecular flexibility index (Phi) is 4.06. The van der Waals surface area contributed by atoms with Gasteiger partial charge in [-0.15, -0.1) is 0 Å². The van der Waals surface area contributed by atoms with Gasteiger partial charge in [-0.2, -0.15) is 0 Å². The Hall–Kier alpha value is -0.730. The number of urea groups is 1. The van der Waals surface area contributed by atoms with Crippen molar-refractivity contribution >= 4 is 6.03 Å². The van der Waals surface area contributed by atoms with Gasteiger partial charge in [-0.05, 0) is 25.2 Å². The molecule has 3 nitrogen and oxygen atoms in total. The SMILES string of the molecule is CNC(=O)NC1CCCC(C)CC1. The summed E-state index contributed by atoms with van der Waals surface area (Å²) in [7, 11) is 1.66. The molecule has 0 radical (unpaired) electrons. The number of nitrogens with one attached hydrogen (secondary N) is 2. The lowest BCUT2D eigenvalue weighted by Crippen LogP contribution is -2.40. The summed E-state index contributed by atoms with van der Waals surface area (Å²) in [6, 6.07) is 0.351. The first kappa shape index (κ1) is 10.4. The van der Waals surface area contributed by atoms with Crippen LogP contribution in [0.2, 0.25) is 0 Å². The highest BCUT2D eigenvalue weighted by molar-refractivity contribution is 5.73. The largest absolute Gasteiger partial charge is 0.341 e. The molecule has 2 amide bonds. The maximum Gasteiger partial charge on any atom is 0.314 e. The van der Waals surface area contributed by atoms with Crippen LogP contribution in [0.5, 0.6) is 0 Å². The molecule has 1 saturated carbocycles. The molecule has 2 atom stereocenters. The second kappa shape index (κ2) is 5.10. The molecule has 0 aliphatic heterocycles. The van der Waals surface area contributed by atoms with Gasteiger partial charge in [-0.25, -0.2) is 4.79 Å². The zero-order valence-electron chi connectivity index (χ0n) is 8.60. The van der Waals surface area contributed by atoms with Crippen LogP contribution in [0, 0.1) is 5.92 Å². The second-order valence-electron chi connectivity index (χ2n) is 4.03. The quantitative estimate of drug-likeness (QED) is 0.600. The lowest BCUT2D eigenvalue weighted by Gasteiger charge is -2.15. The molecule has 2 N–H and O–H groups in total. The van der Waals surface area contributed by atoms with Crippen LogP contribution in [0.1, 0.15) is 39.0 Å². The van der Waals surface area contributed by atoms with E-state index in [1.807, 2.05) is 0 Å². The van der Waals surface area contributed by atoms with Crippen LogP contribution in [0.15, 0.2) is 0 Å². The van der Waals surface area contributed by atoms with Gasteiger partial charge in [0.1, 0.15) is 0 Å². The topological polar surface area (TPSA) is 41.1 Å². The first-order chi connectivity index (χ1) is 6.22. The smallest absolute Gasteiger partial charge is 0.314 e. The molecule has 13 heavy (non-hydrogen) atoms. The number of hydrogen-bond donors (Lipinski definition) is 2. The van der Waals surface area contributed by atoms with E-state index < -0.39 is 0 Å². The van der Waals surface area contributed by atoms with Crippen LogP contribution < -0.4 is 10.6 Å². The minimum Gasteiger partial charge on any atom is -0.341 e. The normalized spacial score (nSPS) is 29.1. The number of amides is 2. The highest BCUT2D eigenvalue weighted by Gasteiger charge is 2.16. The van der Waals surface area contributed by atoms with Gasteiger partial charge in [0, 0.05) is 13.1 Å². The molecule has 0 bridgehead atoms. The van der Waals surface area contributed by atoms with Crippen molar-refractivity contribution in [2.75, 3.05) is 7.05 Å². The van der Waals surface area contributed by atoms with E-state index in [2.05, 4.69) is 17.6 Å². The maximum absolute atomic E-state index is 11.1. The Balaban J connectivity index is 2.29. The molecule has 1 aliphatic rings. The van der Waals surface area contributed by atoms with Gasteiger partial charge in [0.25, 0.3) is 0 Å². The number of hydrogen-bond acceptors (Lipinski definition) is 1. The van der Waals surface area contributed by atoms with Crippen molar-refractivity contribution in [2.24, 2.45) is 5.92 Å². The first-order valence-electron chi connectivity index (χ1n) is 5.20. The fraction of sp³-hybridized carbons (Fsp3) is 0.900. The van der Waals surface area contributed by atoms with Gasteiger partial charge in [0.2, 0.25) is 0 Å². The number of carbonyl (C=O) groups excluding carboxylic acids is 1. The van der Waals surface area contributed by atoms with E-state index in [1.54, 1.807) is 7.05 Å². The van der Waals surface area contributed by atoms with Crippen molar-refractivity contribution in [3.63, 3.8) is 0 Å². The monoisotopic (exact) mass is 184 g/mol. The molecule has 0 heterocycles. The van der Waals surface area contributed by atoms with E-state index in [0.29, 0.717) is 6.04 Å². The summed E-state index contributed by atoms with van der Waals surface area (Å²) in [5.74, 6) is 0.830. The fourth-order valence-corrected chi connectivity index (χ4v) is 1.89. The van der Waals surface area contributed by atoms with Gasteiger partial charge in [-0.3, -0.25) is 0 Å². The van der Waals surface area contributed by atoms with Crippen molar-refractivity contribution < 1.29 is 4.79 Å².